The number of hydrogen-bond donors (Lipinski definition) is 0. The first kappa shape index (κ1) is 8.50. The molecule has 1 heterocycles. The highest BCUT2D eigenvalue weighted by atomic mass is 127. The normalized spacial score (nSPS) is 10.9. The fraction of sp³-hybridized carbons (Fsp3) is 0.125. The van der Waals surface area contributed by atoms with Crippen molar-refractivity contribution in [3.05, 3.63) is 26.5 Å². The van der Waals surface area contributed by atoms with Gasteiger partial charge < -0.3 is 4.57 Å². The van der Waals surface area contributed by atoms with Crippen molar-refractivity contribution >= 4 is 49.6 Å². The minimum absolute atomic E-state index is 1.06. The maximum Gasteiger partial charge on any atom is 0.103 e. The Labute approximate surface area is 92.2 Å². The SMILES string of the molecule is Cn1cnc2c(I)c(Br)ccc21. The monoisotopic (exact) mass is 336 g/mol. The molecule has 0 N–H and O–H groups in total. The average molecular weight is 337 g/mol. The van der Waals surface area contributed by atoms with Crippen molar-refractivity contribution in [1.29, 1.82) is 0 Å². The van der Waals surface area contributed by atoms with Gasteiger partial charge in [0.25, 0.3) is 0 Å². The Bertz CT molecular complexity index is 436. The van der Waals surface area contributed by atoms with Gasteiger partial charge in [-0.15, -0.1) is 0 Å². The molecule has 0 fully saturated rings. The first-order valence-corrected chi connectivity index (χ1v) is 5.32. The summed E-state index contributed by atoms with van der Waals surface area (Å²) in [7, 11) is 2.00. The van der Waals surface area contributed by atoms with Crippen LogP contribution in [0.15, 0.2) is 22.9 Å². The van der Waals surface area contributed by atoms with Crippen molar-refractivity contribution in [3.63, 3.8) is 0 Å². The van der Waals surface area contributed by atoms with Crippen molar-refractivity contribution in [2.45, 2.75) is 0 Å². The lowest BCUT2D eigenvalue weighted by molar-refractivity contribution is 0.947. The molecule has 1 aromatic heterocycles. The Balaban J connectivity index is 2.93. The van der Waals surface area contributed by atoms with Crippen LogP contribution in [-0.4, -0.2) is 9.55 Å². The zero-order chi connectivity index (χ0) is 8.72. The molecule has 0 unspecified atom stereocenters. The molecule has 0 aliphatic rings. The van der Waals surface area contributed by atoms with Gasteiger partial charge in [0.15, 0.2) is 0 Å². The lowest BCUT2D eigenvalue weighted by Gasteiger charge is -1.97. The molecule has 0 saturated carbocycles. The summed E-state index contributed by atoms with van der Waals surface area (Å²) >= 11 is 5.76. The number of benzene rings is 1. The minimum atomic E-state index is 1.06. The fourth-order valence-corrected chi connectivity index (χ4v) is 2.06. The fourth-order valence-electron chi connectivity index (χ4n) is 1.14. The molecule has 12 heavy (non-hydrogen) atoms. The highest BCUT2D eigenvalue weighted by molar-refractivity contribution is 14.1. The molecule has 0 amide bonds. The van der Waals surface area contributed by atoms with Crippen LogP contribution in [0.5, 0.6) is 0 Å². The Kier molecular flexibility index (Phi) is 2.12. The van der Waals surface area contributed by atoms with Crippen LogP contribution in [0.2, 0.25) is 0 Å². The van der Waals surface area contributed by atoms with E-state index in [2.05, 4.69) is 49.6 Å². The molecule has 0 aliphatic heterocycles. The molecule has 2 aromatic rings. The Hall–Kier alpha value is -0.100. The second-order valence-corrected chi connectivity index (χ2v) is 4.52. The van der Waals surface area contributed by atoms with Crippen LogP contribution in [0.4, 0.5) is 0 Å². The molecule has 1 aromatic carbocycles. The van der Waals surface area contributed by atoms with Gasteiger partial charge in [-0.1, -0.05) is 0 Å². The van der Waals surface area contributed by atoms with Gasteiger partial charge in [-0.2, -0.15) is 0 Å². The highest BCUT2D eigenvalue weighted by Gasteiger charge is 2.05. The van der Waals surface area contributed by atoms with Crippen LogP contribution >= 0.6 is 38.5 Å². The zero-order valence-electron chi connectivity index (χ0n) is 6.38. The highest BCUT2D eigenvalue weighted by Crippen LogP contribution is 2.26. The third kappa shape index (κ3) is 1.17. The largest absolute Gasteiger partial charge is 0.334 e. The van der Waals surface area contributed by atoms with Crippen molar-refractivity contribution < 1.29 is 0 Å². The summed E-state index contributed by atoms with van der Waals surface area (Å²) in [4.78, 5) is 4.30. The molecule has 0 aliphatic carbocycles. The minimum Gasteiger partial charge on any atom is -0.334 e. The number of halogens is 2. The number of aryl methyl sites for hydroxylation is 1. The average Bonchev–Trinajstić information content (AvgIpc) is 2.41. The lowest BCUT2D eigenvalue weighted by Crippen LogP contribution is -1.84. The van der Waals surface area contributed by atoms with Crippen molar-refractivity contribution in [2.24, 2.45) is 7.05 Å². The Morgan fingerprint density at radius 1 is 1.50 bits per heavy atom. The van der Waals surface area contributed by atoms with Crippen molar-refractivity contribution in [1.82, 2.24) is 9.55 Å². The summed E-state index contributed by atoms with van der Waals surface area (Å²) < 4.78 is 4.30. The van der Waals surface area contributed by atoms with E-state index in [1.165, 1.54) is 9.09 Å². The molecule has 0 saturated heterocycles. The van der Waals surface area contributed by atoms with E-state index in [9.17, 15) is 0 Å². The Morgan fingerprint density at radius 2 is 2.25 bits per heavy atom. The van der Waals surface area contributed by atoms with Crippen LogP contribution < -0.4 is 0 Å². The number of hydrogen-bond acceptors (Lipinski definition) is 1. The first-order chi connectivity index (χ1) is 5.70. The van der Waals surface area contributed by atoms with E-state index in [4.69, 9.17) is 0 Å². The molecule has 0 radical (unpaired) electrons. The van der Waals surface area contributed by atoms with Gasteiger partial charge in [-0.25, -0.2) is 4.98 Å². The maximum absolute atomic E-state index is 4.30. The summed E-state index contributed by atoms with van der Waals surface area (Å²) in [6.45, 7) is 0. The van der Waals surface area contributed by atoms with Gasteiger partial charge in [-0.3, -0.25) is 0 Å². The summed E-state index contributed by atoms with van der Waals surface area (Å²) in [6, 6.07) is 4.11. The van der Waals surface area contributed by atoms with Crippen LogP contribution in [0, 0.1) is 3.57 Å². The van der Waals surface area contributed by atoms with Crippen LogP contribution in [0.25, 0.3) is 11.0 Å². The standard InChI is InChI=1S/C8H6BrIN2/c1-12-4-11-8-6(12)3-2-5(9)7(8)10/h2-4H,1H3. The van der Waals surface area contributed by atoms with Gasteiger partial charge in [-0.05, 0) is 50.7 Å². The summed E-state index contributed by atoms with van der Waals surface area (Å²) in [5, 5.41) is 0. The van der Waals surface area contributed by atoms with Crippen LogP contribution in [0.1, 0.15) is 0 Å². The molecule has 4 heteroatoms. The number of fused-ring (bicyclic) bond motifs is 1. The second kappa shape index (κ2) is 2.99. The molecule has 0 spiro atoms. The van der Waals surface area contributed by atoms with Crippen LogP contribution in [0.3, 0.4) is 0 Å². The number of aromatic nitrogens is 2. The van der Waals surface area contributed by atoms with Gasteiger partial charge >= 0.3 is 0 Å². The predicted octanol–water partition coefficient (Wildman–Crippen LogP) is 2.94. The van der Waals surface area contributed by atoms with E-state index in [0.717, 1.165) is 9.99 Å². The topological polar surface area (TPSA) is 17.8 Å². The van der Waals surface area contributed by atoms with Crippen molar-refractivity contribution in [2.75, 3.05) is 0 Å². The molecule has 2 nitrogen and oxygen atoms in total. The quantitative estimate of drug-likeness (QED) is 0.676. The lowest BCUT2D eigenvalue weighted by atomic mass is 10.3. The zero-order valence-corrected chi connectivity index (χ0v) is 10.1. The van der Waals surface area contributed by atoms with E-state index in [1.807, 2.05) is 24.0 Å². The van der Waals surface area contributed by atoms with E-state index >= 15 is 0 Å². The summed E-state index contributed by atoms with van der Waals surface area (Å²) in [5.41, 5.74) is 2.23. The summed E-state index contributed by atoms with van der Waals surface area (Å²) in [6.07, 6.45) is 1.83. The van der Waals surface area contributed by atoms with Crippen molar-refractivity contribution in [3.8, 4) is 0 Å². The molecule has 2 rings (SSSR count). The molecule has 0 bridgehead atoms. The molecular formula is C8H6BrIN2. The smallest absolute Gasteiger partial charge is 0.103 e. The van der Waals surface area contributed by atoms with E-state index in [0.29, 0.717) is 0 Å². The van der Waals surface area contributed by atoms with E-state index in [1.54, 1.807) is 0 Å². The molecule has 62 valence electrons. The number of nitrogens with zero attached hydrogens (tertiary/aromatic N) is 2. The van der Waals surface area contributed by atoms with E-state index in [-0.39, 0.29) is 0 Å². The van der Waals surface area contributed by atoms with Crippen LogP contribution in [-0.2, 0) is 7.05 Å². The van der Waals surface area contributed by atoms with Gasteiger partial charge in [0, 0.05) is 11.5 Å². The molecule has 0 atom stereocenters. The number of imidazole rings is 1. The van der Waals surface area contributed by atoms with Gasteiger partial charge in [0.05, 0.1) is 15.4 Å². The number of rotatable bonds is 0. The molecular weight excluding hydrogens is 331 g/mol. The third-order valence-electron chi connectivity index (χ3n) is 1.79. The summed E-state index contributed by atoms with van der Waals surface area (Å²) in [5.74, 6) is 0. The van der Waals surface area contributed by atoms with Gasteiger partial charge in [0.1, 0.15) is 5.52 Å². The van der Waals surface area contributed by atoms with Gasteiger partial charge in [0.2, 0.25) is 0 Å². The Morgan fingerprint density at radius 3 is 3.00 bits per heavy atom. The predicted molar refractivity (Wildman–Crippen MR) is 61.1 cm³/mol. The second-order valence-electron chi connectivity index (χ2n) is 2.58. The third-order valence-corrected chi connectivity index (χ3v) is 4.28. The van der Waals surface area contributed by atoms with E-state index < -0.39 is 0 Å². The first-order valence-electron chi connectivity index (χ1n) is 3.45. The maximum atomic E-state index is 4.30.